The first-order valence-electron chi connectivity index (χ1n) is 8.56. The highest BCUT2D eigenvalue weighted by Crippen LogP contribution is 2.64. The van der Waals surface area contributed by atoms with Crippen molar-refractivity contribution in [2.75, 3.05) is 0 Å². The van der Waals surface area contributed by atoms with Crippen LogP contribution in [0.25, 0.3) is 0 Å². The first-order valence-corrected chi connectivity index (χ1v) is 9.64. The highest BCUT2D eigenvalue weighted by molar-refractivity contribution is 14.1. The van der Waals surface area contributed by atoms with Crippen LogP contribution in [0.15, 0.2) is 11.6 Å². The van der Waals surface area contributed by atoms with Gasteiger partial charge >= 0.3 is 0 Å². The molecule has 0 radical (unpaired) electrons. The van der Waals surface area contributed by atoms with Gasteiger partial charge in [0, 0.05) is 9.84 Å². The number of carbonyl (C=O) groups is 1. The number of alkyl halides is 1. The fourth-order valence-electron chi connectivity index (χ4n) is 6.11. The largest absolute Gasteiger partial charge is 0.393 e. The molecule has 0 aliphatic heterocycles. The Morgan fingerprint density at radius 3 is 2.76 bits per heavy atom. The molecule has 0 aromatic carbocycles. The Hall–Kier alpha value is 0.1000. The van der Waals surface area contributed by atoms with Gasteiger partial charge in [-0.05, 0) is 74.2 Å². The summed E-state index contributed by atoms with van der Waals surface area (Å²) >= 11 is 2.69. The average molecular weight is 400 g/mol. The van der Waals surface area contributed by atoms with Gasteiger partial charge in [0.05, 0.1) is 6.10 Å². The summed E-state index contributed by atoms with van der Waals surface area (Å²) in [6.45, 7) is 2.33. The van der Waals surface area contributed by atoms with E-state index in [4.69, 9.17) is 0 Å². The van der Waals surface area contributed by atoms with Gasteiger partial charge in [-0.1, -0.05) is 35.1 Å². The standard InChI is InChI=1S/C18H25IO2/c1-17-8-7-15-13(14(17)4-5-16(17)21)3-2-11-10-12(20)6-9-18(11,15)19/h10,13-16,21H,2-9H2,1H3/t13-,14-,15-,16-,17-,18+/m0/s1. The van der Waals surface area contributed by atoms with E-state index < -0.39 is 0 Å². The molecule has 2 nitrogen and oxygen atoms in total. The number of hydrogen-bond acceptors (Lipinski definition) is 2. The maximum absolute atomic E-state index is 11.8. The van der Waals surface area contributed by atoms with Crippen molar-refractivity contribution in [1.82, 2.24) is 0 Å². The van der Waals surface area contributed by atoms with Gasteiger partial charge in [0.2, 0.25) is 0 Å². The van der Waals surface area contributed by atoms with Crippen LogP contribution < -0.4 is 0 Å². The molecule has 3 fully saturated rings. The molecule has 0 heterocycles. The molecule has 0 amide bonds. The zero-order chi connectivity index (χ0) is 14.8. The maximum Gasteiger partial charge on any atom is 0.155 e. The molecular weight excluding hydrogens is 375 g/mol. The monoisotopic (exact) mass is 400 g/mol. The average Bonchev–Trinajstić information content (AvgIpc) is 2.76. The van der Waals surface area contributed by atoms with Crippen molar-refractivity contribution in [3.05, 3.63) is 11.6 Å². The first-order chi connectivity index (χ1) is 9.95. The molecule has 0 aromatic rings. The van der Waals surface area contributed by atoms with Crippen LogP contribution in [0, 0.1) is 23.2 Å². The smallest absolute Gasteiger partial charge is 0.155 e. The lowest BCUT2D eigenvalue weighted by molar-refractivity contribution is -0.115. The second-order valence-electron chi connectivity index (χ2n) is 8.05. The maximum atomic E-state index is 11.8. The van der Waals surface area contributed by atoms with Gasteiger partial charge in [0.15, 0.2) is 5.78 Å². The summed E-state index contributed by atoms with van der Waals surface area (Å²) in [6.07, 6.45) is 10.6. The highest BCUT2D eigenvalue weighted by atomic mass is 127. The minimum Gasteiger partial charge on any atom is -0.393 e. The van der Waals surface area contributed by atoms with Gasteiger partial charge in [-0.3, -0.25) is 4.79 Å². The van der Waals surface area contributed by atoms with Crippen molar-refractivity contribution in [2.24, 2.45) is 23.2 Å². The zero-order valence-corrected chi connectivity index (χ0v) is 14.9. The molecule has 0 bridgehead atoms. The summed E-state index contributed by atoms with van der Waals surface area (Å²) < 4.78 is 0.240. The SMILES string of the molecule is C[C@]12CC[C@H]3[C@@H](CCC4=CC(=O)CC[C@@]43I)[C@@H]1CC[C@@H]2O. The molecule has 0 saturated heterocycles. The van der Waals surface area contributed by atoms with E-state index in [1.165, 1.54) is 31.3 Å². The molecule has 1 N–H and O–H groups in total. The van der Waals surface area contributed by atoms with Crippen LogP contribution in [-0.4, -0.2) is 20.4 Å². The third-order valence-corrected chi connectivity index (χ3v) is 9.36. The number of carbonyl (C=O) groups excluding carboxylic acids is 1. The molecule has 0 aromatic heterocycles. The van der Waals surface area contributed by atoms with E-state index in [1.54, 1.807) is 0 Å². The Morgan fingerprint density at radius 2 is 1.95 bits per heavy atom. The van der Waals surface area contributed by atoms with Crippen molar-refractivity contribution in [2.45, 2.75) is 67.8 Å². The van der Waals surface area contributed by atoms with E-state index in [2.05, 4.69) is 29.5 Å². The van der Waals surface area contributed by atoms with Crippen LogP contribution in [0.2, 0.25) is 0 Å². The quantitative estimate of drug-likeness (QED) is 0.492. The van der Waals surface area contributed by atoms with Crippen LogP contribution >= 0.6 is 22.6 Å². The van der Waals surface area contributed by atoms with E-state index in [0.29, 0.717) is 11.7 Å². The van der Waals surface area contributed by atoms with Crippen LogP contribution in [0.5, 0.6) is 0 Å². The second-order valence-corrected chi connectivity index (χ2v) is 9.98. The fourth-order valence-corrected chi connectivity index (χ4v) is 7.58. The third-order valence-electron chi connectivity index (χ3n) is 7.33. The van der Waals surface area contributed by atoms with E-state index in [9.17, 15) is 9.90 Å². The molecule has 0 unspecified atom stereocenters. The Balaban J connectivity index is 1.69. The van der Waals surface area contributed by atoms with Crippen LogP contribution in [0.1, 0.15) is 58.3 Å². The number of aliphatic hydroxyl groups excluding tert-OH is 1. The van der Waals surface area contributed by atoms with Gasteiger partial charge in [-0.2, -0.15) is 0 Å². The van der Waals surface area contributed by atoms with Crippen molar-refractivity contribution < 1.29 is 9.90 Å². The Morgan fingerprint density at radius 1 is 1.14 bits per heavy atom. The number of rotatable bonds is 0. The number of halogens is 1. The Bertz CT molecular complexity index is 513. The van der Waals surface area contributed by atoms with E-state index in [-0.39, 0.29) is 14.9 Å². The van der Waals surface area contributed by atoms with E-state index in [0.717, 1.165) is 37.5 Å². The van der Waals surface area contributed by atoms with E-state index >= 15 is 0 Å². The topological polar surface area (TPSA) is 37.3 Å². The van der Waals surface area contributed by atoms with Gasteiger partial charge in [-0.25, -0.2) is 0 Å². The molecule has 21 heavy (non-hydrogen) atoms. The molecule has 4 aliphatic carbocycles. The lowest BCUT2D eigenvalue weighted by Gasteiger charge is -2.56. The Labute approximate surface area is 140 Å². The molecule has 116 valence electrons. The zero-order valence-electron chi connectivity index (χ0n) is 12.8. The van der Waals surface area contributed by atoms with Gasteiger partial charge < -0.3 is 5.11 Å². The molecule has 0 spiro atoms. The van der Waals surface area contributed by atoms with Crippen LogP contribution in [-0.2, 0) is 4.79 Å². The number of fused-ring (bicyclic) bond motifs is 5. The molecular formula is C18H25IO2. The minimum atomic E-state index is -0.0847. The Kier molecular flexibility index (Phi) is 3.35. The lowest BCUT2D eigenvalue weighted by Crippen LogP contribution is -2.53. The molecule has 3 heteroatoms. The van der Waals surface area contributed by atoms with Crippen LogP contribution in [0.3, 0.4) is 0 Å². The van der Waals surface area contributed by atoms with Gasteiger partial charge in [0.25, 0.3) is 0 Å². The summed E-state index contributed by atoms with van der Waals surface area (Å²) in [4.78, 5) is 11.8. The number of aliphatic hydroxyl groups is 1. The molecule has 4 rings (SSSR count). The summed E-state index contributed by atoms with van der Waals surface area (Å²) in [5.41, 5.74) is 1.60. The number of ketones is 1. The van der Waals surface area contributed by atoms with Crippen LogP contribution in [0.4, 0.5) is 0 Å². The number of hydrogen-bond donors (Lipinski definition) is 1. The van der Waals surface area contributed by atoms with Crippen molar-refractivity contribution in [1.29, 1.82) is 0 Å². The molecule has 4 aliphatic rings. The first kappa shape index (κ1) is 14.7. The molecule has 6 atom stereocenters. The highest BCUT2D eigenvalue weighted by Gasteiger charge is 2.59. The predicted octanol–water partition coefficient (Wildman–Crippen LogP) is 4.05. The number of allylic oxidation sites excluding steroid dienone is 1. The van der Waals surface area contributed by atoms with Gasteiger partial charge in [0.1, 0.15) is 0 Å². The van der Waals surface area contributed by atoms with E-state index in [1.807, 2.05) is 6.08 Å². The minimum absolute atomic E-state index is 0.0847. The summed E-state index contributed by atoms with van der Waals surface area (Å²) in [5, 5.41) is 10.4. The van der Waals surface area contributed by atoms with Gasteiger partial charge in [-0.15, -0.1) is 0 Å². The predicted molar refractivity (Wildman–Crippen MR) is 91.4 cm³/mol. The van der Waals surface area contributed by atoms with Crippen molar-refractivity contribution in [3.63, 3.8) is 0 Å². The van der Waals surface area contributed by atoms with Crippen molar-refractivity contribution in [3.8, 4) is 0 Å². The summed E-state index contributed by atoms with van der Waals surface area (Å²) in [6, 6.07) is 0. The second kappa shape index (κ2) is 4.80. The summed E-state index contributed by atoms with van der Waals surface area (Å²) in [7, 11) is 0. The third kappa shape index (κ3) is 1.95. The van der Waals surface area contributed by atoms with Crippen molar-refractivity contribution >= 4 is 28.4 Å². The summed E-state index contributed by atoms with van der Waals surface area (Å²) in [5.74, 6) is 2.54. The normalized spacial score (nSPS) is 52.7. The lowest BCUT2D eigenvalue weighted by atomic mass is 9.52. The molecule has 3 saturated carbocycles. The fraction of sp³-hybridized carbons (Fsp3) is 0.833.